The minimum absolute atomic E-state index is 0.0237. The molecule has 33 heavy (non-hydrogen) atoms. The molecule has 1 aromatic carbocycles. The number of nitrogens with one attached hydrogen (secondary N) is 3. The fourth-order valence-corrected chi connectivity index (χ4v) is 4.24. The lowest BCUT2D eigenvalue weighted by Gasteiger charge is -2.31. The maximum Gasteiger partial charge on any atom is 0.320 e. The number of benzene rings is 1. The summed E-state index contributed by atoms with van der Waals surface area (Å²) in [6, 6.07) is 9.96. The molecule has 0 aliphatic carbocycles. The molecule has 0 saturated carbocycles. The summed E-state index contributed by atoms with van der Waals surface area (Å²) in [4.78, 5) is 17.0. The van der Waals surface area contributed by atoms with Crippen LogP contribution >= 0.6 is 0 Å². The van der Waals surface area contributed by atoms with Gasteiger partial charge in [-0.2, -0.15) is 0 Å². The zero-order valence-electron chi connectivity index (χ0n) is 19.3. The highest BCUT2D eigenvalue weighted by molar-refractivity contribution is 5.92. The van der Waals surface area contributed by atoms with Gasteiger partial charge in [-0.25, -0.2) is 9.78 Å². The lowest BCUT2D eigenvalue weighted by molar-refractivity contribution is -0.0727. The van der Waals surface area contributed by atoms with E-state index >= 15 is 0 Å². The second kappa shape index (κ2) is 9.36. The van der Waals surface area contributed by atoms with E-state index in [0.29, 0.717) is 17.2 Å². The molecule has 3 unspecified atom stereocenters. The summed E-state index contributed by atoms with van der Waals surface area (Å²) < 4.78 is 11.9. The van der Waals surface area contributed by atoms with Gasteiger partial charge in [-0.05, 0) is 33.3 Å². The van der Waals surface area contributed by atoms with Gasteiger partial charge >= 0.3 is 6.03 Å². The normalized spacial score (nSPS) is 22.0. The average Bonchev–Trinajstić information content (AvgIpc) is 3.13. The zero-order valence-corrected chi connectivity index (χ0v) is 19.3. The van der Waals surface area contributed by atoms with Gasteiger partial charge in [0.25, 0.3) is 0 Å². The predicted molar refractivity (Wildman–Crippen MR) is 125 cm³/mol. The lowest BCUT2D eigenvalue weighted by Crippen LogP contribution is -2.43. The van der Waals surface area contributed by atoms with E-state index in [9.17, 15) is 9.90 Å². The number of anilines is 1. The lowest BCUT2D eigenvalue weighted by atomic mass is 9.92. The average molecular weight is 454 g/mol. The largest absolute Gasteiger partial charge is 0.473 e. The van der Waals surface area contributed by atoms with Gasteiger partial charge in [-0.15, -0.1) is 5.10 Å². The number of ether oxygens (including phenoxy) is 2. The van der Waals surface area contributed by atoms with Crippen LogP contribution in [0.4, 0.5) is 10.6 Å². The fraction of sp³-hybridized carbons (Fsp3) is 0.458. The van der Waals surface area contributed by atoms with E-state index in [1.165, 1.54) is 0 Å². The van der Waals surface area contributed by atoms with Crippen LogP contribution in [-0.4, -0.2) is 50.2 Å². The molecule has 0 bridgehead atoms. The van der Waals surface area contributed by atoms with Crippen molar-refractivity contribution in [3.8, 4) is 5.88 Å². The SMILES string of the molecule is CC1CC(Oc2n[nH]c3cc(NC(=O)NC(c4ccccc4)C(C)(C)O)ncc23)CC(C)O1. The minimum atomic E-state index is -1.16. The molecule has 2 aromatic heterocycles. The number of carbonyl (C=O) groups excluding carboxylic acids is 1. The number of amides is 2. The van der Waals surface area contributed by atoms with Crippen molar-refractivity contribution in [1.29, 1.82) is 0 Å². The summed E-state index contributed by atoms with van der Waals surface area (Å²) in [5.74, 6) is 0.844. The van der Waals surface area contributed by atoms with Gasteiger partial charge in [0.1, 0.15) is 11.9 Å². The molecule has 3 aromatic rings. The summed E-state index contributed by atoms with van der Waals surface area (Å²) in [5, 5.41) is 24.1. The van der Waals surface area contributed by atoms with Crippen molar-refractivity contribution in [2.45, 2.75) is 70.5 Å². The van der Waals surface area contributed by atoms with E-state index in [2.05, 4.69) is 25.8 Å². The Morgan fingerprint density at radius 2 is 1.94 bits per heavy atom. The van der Waals surface area contributed by atoms with Gasteiger partial charge in [-0.1, -0.05) is 30.3 Å². The Kier molecular flexibility index (Phi) is 6.53. The van der Waals surface area contributed by atoms with Crippen LogP contribution in [0.5, 0.6) is 5.88 Å². The molecule has 1 aliphatic heterocycles. The highest BCUT2D eigenvalue weighted by Crippen LogP contribution is 2.29. The fourth-order valence-electron chi connectivity index (χ4n) is 4.24. The van der Waals surface area contributed by atoms with Crippen molar-refractivity contribution in [1.82, 2.24) is 20.5 Å². The van der Waals surface area contributed by atoms with E-state index < -0.39 is 17.7 Å². The highest BCUT2D eigenvalue weighted by Gasteiger charge is 2.30. The van der Waals surface area contributed by atoms with Crippen molar-refractivity contribution in [2.24, 2.45) is 0 Å². The first-order chi connectivity index (χ1) is 15.7. The van der Waals surface area contributed by atoms with Gasteiger partial charge in [0, 0.05) is 25.1 Å². The third-order valence-corrected chi connectivity index (χ3v) is 5.70. The Labute approximate surface area is 192 Å². The number of aliphatic hydroxyl groups is 1. The Balaban J connectivity index is 1.44. The maximum absolute atomic E-state index is 12.7. The van der Waals surface area contributed by atoms with Gasteiger partial charge in [-0.3, -0.25) is 10.4 Å². The number of hydrogen-bond donors (Lipinski definition) is 4. The first-order valence-corrected chi connectivity index (χ1v) is 11.2. The topological polar surface area (TPSA) is 121 Å². The number of carbonyl (C=O) groups is 1. The molecule has 0 radical (unpaired) electrons. The minimum Gasteiger partial charge on any atom is -0.473 e. The van der Waals surface area contributed by atoms with Crippen LogP contribution in [0.3, 0.4) is 0 Å². The molecule has 3 atom stereocenters. The van der Waals surface area contributed by atoms with Gasteiger partial charge in [0.15, 0.2) is 0 Å². The number of aromatic nitrogens is 3. The quantitative estimate of drug-likeness (QED) is 0.449. The third-order valence-electron chi connectivity index (χ3n) is 5.70. The first kappa shape index (κ1) is 23.0. The van der Waals surface area contributed by atoms with E-state index in [1.807, 2.05) is 44.2 Å². The van der Waals surface area contributed by atoms with Crippen molar-refractivity contribution < 1.29 is 19.4 Å². The molecular weight excluding hydrogens is 422 g/mol. The Morgan fingerprint density at radius 1 is 1.24 bits per heavy atom. The smallest absolute Gasteiger partial charge is 0.320 e. The summed E-state index contributed by atoms with van der Waals surface area (Å²) in [6.07, 6.45) is 3.53. The monoisotopic (exact) mass is 453 g/mol. The molecule has 1 aliphatic rings. The molecule has 4 N–H and O–H groups in total. The van der Waals surface area contributed by atoms with Crippen molar-refractivity contribution >= 4 is 22.8 Å². The third kappa shape index (κ3) is 5.61. The molecule has 3 heterocycles. The second-order valence-electron chi connectivity index (χ2n) is 9.21. The van der Waals surface area contributed by atoms with Gasteiger partial charge < -0.3 is 19.9 Å². The van der Waals surface area contributed by atoms with E-state index in [1.54, 1.807) is 26.1 Å². The summed E-state index contributed by atoms with van der Waals surface area (Å²) in [6.45, 7) is 7.39. The van der Waals surface area contributed by atoms with Gasteiger partial charge in [0.2, 0.25) is 5.88 Å². The number of nitrogens with zero attached hydrogens (tertiary/aromatic N) is 2. The summed E-state index contributed by atoms with van der Waals surface area (Å²) in [7, 11) is 0. The number of aromatic amines is 1. The number of hydrogen-bond acceptors (Lipinski definition) is 6. The van der Waals surface area contributed by atoms with E-state index in [-0.39, 0.29) is 18.3 Å². The Bertz CT molecular complexity index is 1090. The summed E-state index contributed by atoms with van der Waals surface area (Å²) in [5.41, 5.74) is 0.339. The van der Waals surface area contributed by atoms with Crippen LogP contribution in [0, 0.1) is 0 Å². The molecule has 2 amide bonds. The standard InChI is InChI=1S/C24H31N5O4/c1-14-10-17(11-15(2)32-14)33-22-18-13-25-20(12-19(18)28-29-22)26-23(30)27-21(24(3,4)31)16-8-6-5-7-9-16/h5-9,12-15,17,21,31H,10-11H2,1-4H3,(H,28,29)(H2,25,26,27,30). The molecule has 0 spiro atoms. The van der Waals surface area contributed by atoms with Crippen LogP contribution in [0.15, 0.2) is 42.6 Å². The number of urea groups is 1. The molecule has 9 heteroatoms. The van der Waals surface area contributed by atoms with E-state index in [0.717, 1.165) is 23.8 Å². The van der Waals surface area contributed by atoms with Crippen molar-refractivity contribution in [3.05, 3.63) is 48.2 Å². The van der Waals surface area contributed by atoms with E-state index in [4.69, 9.17) is 9.47 Å². The number of H-pyrrole nitrogens is 1. The maximum atomic E-state index is 12.7. The number of pyridine rings is 1. The van der Waals surface area contributed by atoms with Crippen molar-refractivity contribution in [2.75, 3.05) is 5.32 Å². The van der Waals surface area contributed by atoms with Crippen LogP contribution in [0.1, 0.15) is 52.1 Å². The van der Waals surface area contributed by atoms with Crippen LogP contribution in [0.2, 0.25) is 0 Å². The second-order valence-corrected chi connectivity index (χ2v) is 9.21. The highest BCUT2D eigenvalue weighted by atomic mass is 16.5. The molecular formula is C24H31N5O4. The van der Waals surface area contributed by atoms with Gasteiger partial charge in [0.05, 0.1) is 34.8 Å². The molecule has 9 nitrogen and oxygen atoms in total. The van der Waals surface area contributed by atoms with Crippen molar-refractivity contribution in [3.63, 3.8) is 0 Å². The summed E-state index contributed by atoms with van der Waals surface area (Å²) >= 11 is 0. The molecule has 4 rings (SSSR count). The molecule has 1 saturated heterocycles. The van der Waals surface area contributed by atoms with Crippen LogP contribution in [0.25, 0.3) is 10.9 Å². The zero-order chi connectivity index (χ0) is 23.6. The molecule has 1 fully saturated rings. The number of rotatable bonds is 6. The van der Waals surface area contributed by atoms with Crippen LogP contribution in [-0.2, 0) is 4.74 Å². The molecule has 176 valence electrons. The van der Waals surface area contributed by atoms with Crippen LogP contribution < -0.4 is 15.4 Å². The first-order valence-electron chi connectivity index (χ1n) is 11.2. The Hall–Kier alpha value is -3.17. The number of fused-ring (bicyclic) bond motifs is 1. The Morgan fingerprint density at radius 3 is 2.61 bits per heavy atom. The predicted octanol–water partition coefficient (Wildman–Crippen LogP) is 3.93.